The first kappa shape index (κ1) is 11.2. The van der Waals surface area contributed by atoms with E-state index in [-0.39, 0.29) is 0 Å². The molecular weight excluding hydrogens is 220 g/mol. The second kappa shape index (κ2) is 4.67. The summed E-state index contributed by atoms with van der Waals surface area (Å²) in [6.07, 6.45) is 1.56. The van der Waals surface area contributed by atoms with Gasteiger partial charge in [0.05, 0.1) is 0 Å². The van der Waals surface area contributed by atoms with Gasteiger partial charge in [0.2, 0.25) is 0 Å². The first-order valence-electron chi connectivity index (χ1n) is 5.02. The Balaban J connectivity index is 2.23. The van der Waals surface area contributed by atoms with Crippen molar-refractivity contribution in [3.05, 3.63) is 35.7 Å². The van der Waals surface area contributed by atoms with E-state index in [1.54, 1.807) is 22.8 Å². The molecule has 0 saturated heterocycles. The molecule has 2 aromatic rings. The molecule has 0 bridgehead atoms. The van der Waals surface area contributed by atoms with E-state index in [1.807, 2.05) is 7.05 Å². The number of rotatable bonds is 3. The van der Waals surface area contributed by atoms with Gasteiger partial charge in [-0.3, -0.25) is 0 Å². The van der Waals surface area contributed by atoms with Crippen molar-refractivity contribution in [2.24, 2.45) is 12.8 Å². The van der Waals surface area contributed by atoms with Gasteiger partial charge in [-0.2, -0.15) is 5.10 Å². The van der Waals surface area contributed by atoms with Gasteiger partial charge in [-0.25, -0.2) is 9.67 Å². The van der Waals surface area contributed by atoms with E-state index in [4.69, 9.17) is 5.73 Å². The Kier molecular flexibility index (Phi) is 3.26. The smallest absolute Gasteiger partial charge is 0.190 e. The van der Waals surface area contributed by atoms with E-state index in [0.717, 1.165) is 10.1 Å². The standard InChI is InChI=1S/C11H14N4S/c1-8-5-10(4-3-9(8)6-12)16-11-13-7-14-15(11)2/h3-5,7H,6,12H2,1-2H3. The summed E-state index contributed by atoms with van der Waals surface area (Å²) < 4.78 is 1.76. The van der Waals surface area contributed by atoms with Crippen LogP contribution in [-0.2, 0) is 13.6 Å². The Hall–Kier alpha value is -1.33. The molecule has 1 aromatic heterocycles. The summed E-state index contributed by atoms with van der Waals surface area (Å²) in [6, 6.07) is 6.25. The Morgan fingerprint density at radius 2 is 2.25 bits per heavy atom. The lowest BCUT2D eigenvalue weighted by Crippen LogP contribution is -1.99. The van der Waals surface area contributed by atoms with Gasteiger partial charge < -0.3 is 5.73 Å². The highest BCUT2D eigenvalue weighted by Crippen LogP contribution is 2.26. The predicted molar refractivity (Wildman–Crippen MR) is 64.2 cm³/mol. The van der Waals surface area contributed by atoms with Crippen LogP contribution in [0.15, 0.2) is 34.6 Å². The number of hydrogen-bond acceptors (Lipinski definition) is 4. The SMILES string of the molecule is Cc1cc(Sc2ncnn2C)ccc1CN. The minimum atomic E-state index is 0.584. The van der Waals surface area contributed by atoms with Gasteiger partial charge in [0.25, 0.3) is 0 Å². The van der Waals surface area contributed by atoms with Crippen LogP contribution >= 0.6 is 11.8 Å². The Morgan fingerprint density at radius 1 is 1.44 bits per heavy atom. The van der Waals surface area contributed by atoms with Crippen LogP contribution in [0.4, 0.5) is 0 Å². The number of benzene rings is 1. The van der Waals surface area contributed by atoms with Crippen LogP contribution in [-0.4, -0.2) is 14.8 Å². The molecule has 1 aromatic carbocycles. The first-order chi connectivity index (χ1) is 7.70. The lowest BCUT2D eigenvalue weighted by atomic mass is 10.1. The van der Waals surface area contributed by atoms with E-state index in [9.17, 15) is 0 Å². The van der Waals surface area contributed by atoms with Gasteiger partial charge in [0, 0.05) is 18.5 Å². The topological polar surface area (TPSA) is 56.7 Å². The molecule has 4 nitrogen and oxygen atoms in total. The van der Waals surface area contributed by atoms with Crippen molar-refractivity contribution in [3.8, 4) is 0 Å². The first-order valence-corrected chi connectivity index (χ1v) is 5.84. The van der Waals surface area contributed by atoms with E-state index in [0.29, 0.717) is 6.54 Å². The molecule has 0 aliphatic carbocycles. The van der Waals surface area contributed by atoms with Crippen molar-refractivity contribution >= 4 is 11.8 Å². The molecule has 0 fully saturated rings. The highest BCUT2D eigenvalue weighted by Gasteiger charge is 2.04. The summed E-state index contributed by atoms with van der Waals surface area (Å²) in [5, 5.41) is 4.92. The van der Waals surface area contributed by atoms with Crippen LogP contribution in [0.5, 0.6) is 0 Å². The van der Waals surface area contributed by atoms with E-state index in [1.165, 1.54) is 11.1 Å². The van der Waals surface area contributed by atoms with Gasteiger partial charge in [-0.15, -0.1) is 0 Å². The molecule has 84 valence electrons. The van der Waals surface area contributed by atoms with Crippen LogP contribution in [0.3, 0.4) is 0 Å². The highest BCUT2D eigenvalue weighted by atomic mass is 32.2. The molecule has 0 saturated carbocycles. The summed E-state index contributed by atoms with van der Waals surface area (Å²) in [4.78, 5) is 5.33. The van der Waals surface area contributed by atoms with Gasteiger partial charge >= 0.3 is 0 Å². The predicted octanol–water partition coefficient (Wildman–Crippen LogP) is 1.73. The molecule has 0 aliphatic heterocycles. The third-order valence-corrected chi connectivity index (χ3v) is 3.45. The van der Waals surface area contributed by atoms with Gasteiger partial charge in [-0.05, 0) is 30.2 Å². The van der Waals surface area contributed by atoms with Crippen LogP contribution in [0, 0.1) is 6.92 Å². The molecule has 0 atom stereocenters. The van der Waals surface area contributed by atoms with Crippen LogP contribution in [0.2, 0.25) is 0 Å². The number of aryl methyl sites for hydroxylation is 2. The number of hydrogen-bond donors (Lipinski definition) is 1. The van der Waals surface area contributed by atoms with Gasteiger partial charge in [0.15, 0.2) is 5.16 Å². The molecule has 2 rings (SSSR count). The normalized spacial score (nSPS) is 10.7. The number of nitrogens with zero attached hydrogens (tertiary/aromatic N) is 3. The Labute approximate surface area is 98.9 Å². The molecule has 2 N–H and O–H groups in total. The Bertz CT molecular complexity index is 492. The molecule has 1 heterocycles. The molecule has 16 heavy (non-hydrogen) atoms. The summed E-state index contributed by atoms with van der Waals surface area (Å²) in [7, 11) is 1.89. The number of aromatic nitrogens is 3. The lowest BCUT2D eigenvalue weighted by Gasteiger charge is -2.05. The van der Waals surface area contributed by atoms with Crippen molar-refractivity contribution in [2.45, 2.75) is 23.5 Å². The molecule has 0 unspecified atom stereocenters. The minimum Gasteiger partial charge on any atom is -0.326 e. The fraction of sp³-hybridized carbons (Fsp3) is 0.273. The van der Waals surface area contributed by atoms with Crippen molar-refractivity contribution in [3.63, 3.8) is 0 Å². The summed E-state index contributed by atoms with van der Waals surface area (Å²) >= 11 is 1.60. The van der Waals surface area contributed by atoms with Crippen LogP contribution in [0.1, 0.15) is 11.1 Å². The summed E-state index contributed by atoms with van der Waals surface area (Å²) in [6.45, 7) is 2.66. The van der Waals surface area contributed by atoms with E-state index in [2.05, 4.69) is 35.2 Å². The summed E-state index contributed by atoms with van der Waals surface area (Å²) in [5.74, 6) is 0. The van der Waals surface area contributed by atoms with Crippen molar-refractivity contribution < 1.29 is 0 Å². The van der Waals surface area contributed by atoms with E-state index >= 15 is 0 Å². The molecule has 0 radical (unpaired) electrons. The third kappa shape index (κ3) is 2.25. The molecule has 0 amide bonds. The average molecular weight is 234 g/mol. The maximum Gasteiger partial charge on any atom is 0.190 e. The fourth-order valence-corrected chi connectivity index (χ4v) is 2.31. The maximum atomic E-state index is 5.63. The highest BCUT2D eigenvalue weighted by molar-refractivity contribution is 7.99. The van der Waals surface area contributed by atoms with Crippen LogP contribution in [0.25, 0.3) is 0 Å². The molecule has 5 heteroatoms. The summed E-state index contributed by atoms with van der Waals surface area (Å²) in [5.41, 5.74) is 8.03. The quantitative estimate of drug-likeness (QED) is 0.878. The number of nitrogens with two attached hydrogens (primary N) is 1. The molecule has 0 spiro atoms. The van der Waals surface area contributed by atoms with E-state index < -0.39 is 0 Å². The largest absolute Gasteiger partial charge is 0.326 e. The third-order valence-electron chi connectivity index (χ3n) is 2.41. The van der Waals surface area contributed by atoms with Crippen LogP contribution < -0.4 is 5.73 Å². The van der Waals surface area contributed by atoms with Crippen molar-refractivity contribution in [1.82, 2.24) is 14.8 Å². The van der Waals surface area contributed by atoms with Gasteiger partial charge in [-0.1, -0.05) is 17.8 Å². The second-order valence-electron chi connectivity index (χ2n) is 3.56. The Morgan fingerprint density at radius 3 is 2.81 bits per heavy atom. The lowest BCUT2D eigenvalue weighted by molar-refractivity contribution is 0.685. The average Bonchev–Trinajstić information content (AvgIpc) is 2.65. The molecular formula is C11H14N4S. The van der Waals surface area contributed by atoms with Crippen molar-refractivity contribution in [2.75, 3.05) is 0 Å². The zero-order chi connectivity index (χ0) is 11.5. The fourth-order valence-electron chi connectivity index (χ4n) is 1.44. The zero-order valence-corrected chi connectivity index (χ0v) is 10.2. The van der Waals surface area contributed by atoms with Crippen molar-refractivity contribution in [1.29, 1.82) is 0 Å². The second-order valence-corrected chi connectivity index (χ2v) is 4.60. The zero-order valence-electron chi connectivity index (χ0n) is 9.34. The molecule has 0 aliphatic rings. The minimum absolute atomic E-state index is 0.584. The monoisotopic (exact) mass is 234 g/mol. The maximum absolute atomic E-state index is 5.63. The van der Waals surface area contributed by atoms with Gasteiger partial charge in [0.1, 0.15) is 6.33 Å².